The average molecular weight is 387 g/mol. The predicted molar refractivity (Wildman–Crippen MR) is 115 cm³/mol. The van der Waals surface area contributed by atoms with Crippen molar-refractivity contribution >= 4 is 29.6 Å². The summed E-state index contributed by atoms with van der Waals surface area (Å²) in [5.74, 6) is 0.659. The van der Waals surface area contributed by atoms with Crippen molar-refractivity contribution < 1.29 is 0 Å². The number of hydrogen-bond acceptors (Lipinski definition) is 7. The molecule has 0 bridgehead atoms. The van der Waals surface area contributed by atoms with Crippen LogP contribution in [0.2, 0.25) is 0 Å². The van der Waals surface area contributed by atoms with Crippen LogP contribution in [0.15, 0.2) is 66.6 Å². The Balaban J connectivity index is 1.63. The SMILES string of the molecule is C=NN/C=C\Cc1cc(Nc2nccn3c(-c4cnn(C)c4)cnc23)ccc1N. The number of nitrogens with zero attached hydrogens (tertiary/aromatic N) is 6. The molecular formula is C20H21N9. The van der Waals surface area contributed by atoms with Gasteiger partial charge >= 0.3 is 0 Å². The lowest BCUT2D eigenvalue weighted by Crippen LogP contribution is -2.01. The summed E-state index contributed by atoms with van der Waals surface area (Å²) in [6.45, 7) is 3.36. The third-order valence-corrected chi connectivity index (χ3v) is 4.46. The quantitative estimate of drug-likeness (QED) is 0.255. The number of rotatable bonds is 7. The monoisotopic (exact) mass is 387 g/mol. The molecule has 0 radical (unpaired) electrons. The summed E-state index contributed by atoms with van der Waals surface area (Å²) in [7, 11) is 1.89. The van der Waals surface area contributed by atoms with E-state index in [1.54, 1.807) is 17.1 Å². The Labute approximate surface area is 167 Å². The van der Waals surface area contributed by atoms with Crippen molar-refractivity contribution in [2.75, 3.05) is 11.1 Å². The van der Waals surface area contributed by atoms with Crippen LogP contribution in [-0.2, 0) is 13.5 Å². The molecule has 9 nitrogen and oxygen atoms in total. The zero-order chi connectivity index (χ0) is 20.2. The Morgan fingerprint density at radius 2 is 2.17 bits per heavy atom. The summed E-state index contributed by atoms with van der Waals surface area (Å²) in [6, 6.07) is 5.79. The maximum absolute atomic E-state index is 6.10. The highest BCUT2D eigenvalue weighted by Gasteiger charge is 2.12. The van der Waals surface area contributed by atoms with Gasteiger partial charge < -0.3 is 11.1 Å². The smallest absolute Gasteiger partial charge is 0.180 e. The number of hydrogen-bond donors (Lipinski definition) is 3. The van der Waals surface area contributed by atoms with Crippen LogP contribution in [0.5, 0.6) is 0 Å². The third-order valence-electron chi connectivity index (χ3n) is 4.46. The molecule has 3 aromatic heterocycles. The Bertz CT molecular complexity index is 1190. The molecule has 4 N–H and O–H groups in total. The summed E-state index contributed by atoms with van der Waals surface area (Å²) < 4.78 is 3.75. The maximum atomic E-state index is 6.10. The number of allylic oxidation sites excluding steroid dienone is 1. The fourth-order valence-electron chi connectivity index (χ4n) is 3.06. The van der Waals surface area contributed by atoms with Gasteiger partial charge in [0.1, 0.15) is 0 Å². The fourth-order valence-corrected chi connectivity index (χ4v) is 3.06. The van der Waals surface area contributed by atoms with Gasteiger partial charge in [0.15, 0.2) is 11.5 Å². The first kappa shape index (κ1) is 18.2. The predicted octanol–water partition coefficient (Wildman–Crippen LogP) is 2.72. The van der Waals surface area contributed by atoms with Crippen molar-refractivity contribution in [1.82, 2.24) is 29.6 Å². The number of fused-ring (bicyclic) bond motifs is 1. The molecule has 146 valence electrons. The van der Waals surface area contributed by atoms with Gasteiger partial charge in [-0.2, -0.15) is 10.2 Å². The van der Waals surface area contributed by atoms with Gasteiger partial charge in [-0.3, -0.25) is 14.5 Å². The van der Waals surface area contributed by atoms with Crippen LogP contribution in [0.25, 0.3) is 16.9 Å². The maximum Gasteiger partial charge on any atom is 0.180 e. The van der Waals surface area contributed by atoms with Gasteiger partial charge in [-0.05, 0) is 30.2 Å². The van der Waals surface area contributed by atoms with Gasteiger partial charge in [0.05, 0.1) is 18.1 Å². The van der Waals surface area contributed by atoms with E-state index in [2.05, 4.69) is 37.6 Å². The van der Waals surface area contributed by atoms with E-state index >= 15 is 0 Å². The molecule has 0 saturated carbocycles. The minimum atomic E-state index is 0.659. The van der Waals surface area contributed by atoms with Crippen molar-refractivity contribution in [3.63, 3.8) is 0 Å². The first-order valence-electron chi connectivity index (χ1n) is 8.98. The molecule has 4 aromatic rings. The molecule has 4 rings (SSSR count). The number of aryl methyl sites for hydroxylation is 1. The van der Waals surface area contributed by atoms with Crippen molar-refractivity contribution in [3.8, 4) is 11.3 Å². The molecule has 0 unspecified atom stereocenters. The molecule has 29 heavy (non-hydrogen) atoms. The molecule has 1 aromatic carbocycles. The zero-order valence-corrected chi connectivity index (χ0v) is 15.9. The summed E-state index contributed by atoms with van der Waals surface area (Å²) in [4.78, 5) is 9.01. The minimum absolute atomic E-state index is 0.659. The molecule has 0 fully saturated rings. The number of nitrogen functional groups attached to an aromatic ring is 1. The second-order valence-corrected chi connectivity index (χ2v) is 6.45. The second-order valence-electron chi connectivity index (χ2n) is 6.45. The highest BCUT2D eigenvalue weighted by molar-refractivity contribution is 5.74. The van der Waals surface area contributed by atoms with Crippen molar-refractivity contribution in [1.29, 1.82) is 0 Å². The summed E-state index contributed by atoms with van der Waals surface area (Å²) in [5, 5.41) is 11.1. The molecule has 0 aliphatic rings. The van der Waals surface area contributed by atoms with E-state index in [1.165, 1.54) is 0 Å². The number of nitrogens with two attached hydrogens (primary N) is 1. The van der Waals surface area contributed by atoms with E-state index in [1.807, 2.05) is 60.5 Å². The van der Waals surface area contributed by atoms with E-state index in [0.29, 0.717) is 12.2 Å². The van der Waals surface area contributed by atoms with Crippen LogP contribution >= 0.6 is 0 Å². The highest BCUT2D eigenvalue weighted by Crippen LogP contribution is 2.26. The van der Waals surface area contributed by atoms with E-state index < -0.39 is 0 Å². The third kappa shape index (κ3) is 3.79. The van der Waals surface area contributed by atoms with E-state index in [9.17, 15) is 0 Å². The number of imidazole rings is 1. The topological polar surface area (TPSA) is 110 Å². The number of hydrazone groups is 1. The van der Waals surface area contributed by atoms with E-state index in [-0.39, 0.29) is 0 Å². The molecule has 0 saturated heterocycles. The largest absolute Gasteiger partial charge is 0.398 e. The van der Waals surface area contributed by atoms with E-state index in [4.69, 9.17) is 5.73 Å². The molecule has 9 heteroatoms. The molecule has 0 aliphatic carbocycles. The lowest BCUT2D eigenvalue weighted by atomic mass is 10.1. The summed E-state index contributed by atoms with van der Waals surface area (Å²) in [6.07, 6.45) is 13.5. The lowest BCUT2D eigenvalue weighted by molar-refractivity contribution is 0.768. The van der Waals surface area contributed by atoms with Crippen LogP contribution in [-0.4, -0.2) is 30.9 Å². The van der Waals surface area contributed by atoms with Gasteiger partial charge in [0, 0.05) is 55.5 Å². The van der Waals surface area contributed by atoms with Crippen molar-refractivity contribution in [3.05, 3.63) is 67.0 Å². The number of benzene rings is 1. The standard InChI is InChI=1S/C20H21N9/c1-22-25-7-3-4-14-10-16(5-6-17(14)21)27-19-20-24-12-18(29(20)9-8-23-19)15-11-26-28(2)13-15/h3,5-13,25H,1,4,21H2,2H3,(H,23,27)/b7-3-. The van der Waals surface area contributed by atoms with Crippen LogP contribution in [0, 0.1) is 0 Å². The number of anilines is 3. The van der Waals surface area contributed by atoms with Gasteiger partial charge in [-0.15, -0.1) is 0 Å². The Morgan fingerprint density at radius 1 is 1.28 bits per heavy atom. The average Bonchev–Trinajstić information content (AvgIpc) is 3.34. The number of nitrogens with one attached hydrogen (secondary N) is 2. The Morgan fingerprint density at radius 3 is 2.97 bits per heavy atom. The summed E-state index contributed by atoms with van der Waals surface area (Å²) in [5.41, 5.74) is 14.0. The van der Waals surface area contributed by atoms with E-state index in [0.717, 1.165) is 33.8 Å². The normalized spacial score (nSPS) is 11.2. The van der Waals surface area contributed by atoms with Crippen LogP contribution in [0.3, 0.4) is 0 Å². The van der Waals surface area contributed by atoms with Crippen LogP contribution in [0.4, 0.5) is 17.2 Å². The Hall–Kier alpha value is -4.14. The van der Waals surface area contributed by atoms with Crippen LogP contribution < -0.4 is 16.5 Å². The molecule has 0 spiro atoms. The van der Waals surface area contributed by atoms with Gasteiger partial charge in [-0.1, -0.05) is 6.08 Å². The van der Waals surface area contributed by atoms with Crippen LogP contribution in [0.1, 0.15) is 5.56 Å². The second kappa shape index (κ2) is 7.85. The first-order chi connectivity index (χ1) is 14.2. The minimum Gasteiger partial charge on any atom is -0.398 e. The fraction of sp³-hybridized carbons (Fsp3) is 0.100. The molecular weight excluding hydrogens is 366 g/mol. The van der Waals surface area contributed by atoms with Crippen molar-refractivity contribution in [2.45, 2.75) is 6.42 Å². The molecule has 0 atom stereocenters. The van der Waals surface area contributed by atoms with Gasteiger partial charge in [0.25, 0.3) is 0 Å². The number of aromatic nitrogens is 5. The summed E-state index contributed by atoms with van der Waals surface area (Å²) >= 11 is 0. The lowest BCUT2D eigenvalue weighted by Gasteiger charge is -2.10. The van der Waals surface area contributed by atoms with Crippen molar-refractivity contribution in [2.24, 2.45) is 12.1 Å². The molecule has 3 heterocycles. The molecule has 0 amide bonds. The Kier molecular flexibility index (Phi) is 4.93. The highest BCUT2D eigenvalue weighted by atomic mass is 15.3. The van der Waals surface area contributed by atoms with Gasteiger partial charge in [-0.25, -0.2) is 9.97 Å². The van der Waals surface area contributed by atoms with Gasteiger partial charge in [0.2, 0.25) is 0 Å². The molecule has 0 aliphatic heterocycles. The zero-order valence-electron chi connectivity index (χ0n) is 15.9. The first-order valence-corrected chi connectivity index (χ1v) is 8.98.